The van der Waals surface area contributed by atoms with Gasteiger partial charge in [0, 0.05) is 30.7 Å². The first-order chi connectivity index (χ1) is 9.13. The summed E-state index contributed by atoms with van der Waals surface area (Å²) in [6.45, 7) is 1.60. The van der Waals surface area contributed by atoms with E-state index in [2.05, 4.69) is 5.32 Å². The van der Waals surface area contributed by atoms with Crippen LogP contribution in [0.2, 0.25) is 10.0 Å². The van der Waals surface area contributed by atoms with Gasteiger partial charge in [0.2, 0.25) is 0 Å². The third-order valence-corrected chi connectivity index (χ3v) is 4.72. The fraction of sp³-hybridized carbons (Fsp3) is 0.500. The second-order valence-corrected chi connectivity index (χ2v) is 6.12. The van der Waals surface area contributed by atoms with Crippen molar-refractivity contribution in [2.45, 2.75) is 31.3 Å². The molecule has 2 saturated heterocycles. The molecule has 2 atom stereocenters. The molecule has 2 aliphatic heterocycles. The molecule has 102 valence electrons. The summed E-state index contributed by atoms with van der Waals surface area (Å²) in [4.78, 5) is 14.4. The molecule has 0 spiro atoms. The lowest BCUT2D eigenvalue weighted by molar-refractivity contribution is 0.0748. The number of likely N-dealkylation sites (tertiary alicyclic amines) is 1. The Hall–Kier alpha value is -0.770. The molecule has 0 aliphatic carbocycles. The normalized spacial score (nSPS) is 26.3. The Morgan fingerprint density at radius 2 is 1.95 bits per heavy atom. The van der Waals surface area contributed by atoms with Gasteiger partial charge < -0.3 is 10.2 Å². The third-order valence-electron chi connectivity index (χ3n) is 3.98. The maximum absolute atomic E-state index is 12.5. The van der Waals surface area contributed by atoms with E-state index in [0.29, 0.717) is 27.7 Å². The number of carbonyl (C=O) groups is 1. The highest BCUT2D eigenvalue weighted by atomic mass is 35.5. The van der Waals surface area contributed by atoms with Gasteiger partial charge in [-0.25, -0.2) is 0 Å². The molecule has 2 aliphatic rings. The van der Waals surface area contributed by atoms with Gasteiger partial charge in [0.15, 0.2) is 0 Å². The molecule has 2 heterocycles. The number of nitrogens with one attached hydrogen (secondary N) is 1. The fourth-order valence-corrected chi connectivity index (χ4v) is 3.24. The van der Waals surface area contributed by atoms with Crippen molar-refractivity contribution in [3.63, 3.8) is 0 Å². The molecule has 0 radical (unpaired) electrons. The van der Waals surface area contributed by atoms with Gasteiger partial charge in [-0.2, -0.15) is 0 Å². The first-order valence-corrected chi connectivity index (χ1v) is 7.39. The van der Waals surface area contributed by atoms with Gasteiger partial charge in [-0.15, -0.1) is 0 Å². The summed E-state index contributed by atoms with van der Waals surface area (Å²) in [6, 6.07) is 6.10. The molecule has 1 aromatic carbocycles. The maximum Gasteiger partial charge on any atom is 0.253 e. The lowest BCUT2D eigenvalue weighted by Gasteiger charge is -2.24. The van der Waals surface area contributed by atoms with Crippen molar-refractivity contribution in [1.82, 2.24) is 10.2 Å². The summed E-state index contributed by atoms with van der Waals surface area (Å²) in [7, 11) is 0. The largest absolute Gasteiger partial charge is 0.337 e. The summed E-state index contributed by atoms with van der Waals surface area (Å²) < 4.78 is 0. The second kappa shape index (κ2) is 5.31. The molecule has 1 N–H and O–H groups in total. The van der Waals surface area contributed by atoms with Gasteiger partial charge in [-0.3, -0.25) is 4.79 Å². The molecule has 2 bridgehead atoms. The number of halogens is 2. The number of carbonyl (C=O) groups excluding carboxylic acids is 1. The number of amides is 1. The van der Waals surface area contributed by atoms with E-state index in [-0.39, 0.29) is 5.91 Å². The van der Waals surface area contributed by atoms with Crippen LogP contribution in [0.4, 0.5) is 0 Å². The average molecular weight is 299 g/mol. The number of rotatable bonds is 1. The monoisotopic (exact) mass is 298 g/mol. The van der Waals surface area contributed by atoms with Crippen LogP contribution in [-0.4, -0.2) is 36.0 Å². The predicted octanol–water partition coefficient (Wildman–Crippen LogP) is 2.96. The first-order valence-electron chi connectivity index (χ1n) is 6.64. The molecule has 19 heavy (non-hydrogen) atoms. The number of nitrogens with zero attached hydrogens (tertiary/aromatic N) is 1. The fourth-order valence-electron chi connectivity index (χ4n) is 2.94. The van der Waals surface area contributed by atoms with Crippen LogP contribution in [0.5, 0.6) is 0 Å². The van der Waals surface area contributed by atoms with Gasteiger partial charge in [-0.05, 0) is 37.5 Å². The van der Waals surface area contributed by atoms with Gasteiger partial charge in [0.1, 0.15) is 0 Å². The SMILES string of the molecule is O=C(c1ccc(Cl)c(Cl)c1)N1CCC2CCC(C1)N2. The van der Waals surface area contributed by atoms with Crippen molar-refractivity contribution in [2.24, 2.45) is 0 Å². The minimum Gasteiger partial charge on any atom is -0.337 e. The Bertz CT molecular complexity index is 506. The molecular formula is C14H16Cl2N2O. The summed E-state index contributed by atoms with van der Waals surface area (Å²) in [5.41, 5.74) is 0.618. The van der Waals surface area contributed by atoms with E-state index >= 15 is 0 Å². The molecule has 3 nitrogen and oxygen atoms in total. The summed E-state index contributed by atoms with van der Waals surface area (Å²) >= 11 is 11.9. The number of hydrogen-bond acceptors (Lipinski definition) is 2. The molecule has 2 unspecified atom stereocenters. The van der Waals surface area contributed by atoms with Crippen LogP contribution < -0.4 is 5.32 Å². The Morgan fingerprint density at radius 1 is 1.16 bits per heavy atom. The van der Waals surface area contributed by atoms with E-state index in [4.69, 9.17) is 23.2 Å². The highest BCUT2D eigenvalue weighted by Crippen LogP contribution is 2.25. The number of benzene rings is 1. The van der Waals surface area contributed by atoms with Crippen molar-refractivity contribution in [3.8, 4) is 0 Å². The molecule has 1 amide bonds. The third kappa shape index (κ3) is 2.73. The first kappa shape index (κ1) is 13.2. The van der Waals surface area contributed by atoms with Gasteiger partial charge >= 0.3 is 0 Å². The van der Waals surface area contributed by atoms with Crippen molar-refractivity contribution < 1.29 is 4.79 Å². The molecule has 3 rings (SSSR count). The lowest BCUT2D eigenvalue weighted by Crippen LogP contribution is -2.39. The van der Waals surface area contributed by atoms with Crippen LogP contribution in [0.15, 0.2) is 18.2 Å². The van der Waals surface area contributed by atoms with Gasteiger partial charge in [0.05, 0.1) is 10.0 Å². The minimum absolute atomic E-state index is 0.0490. The quantitative estimate of drug-likeness (QED) is 0.864. The van der Waals surface area contributed by atoms with E-state index in [1.54, 1.807) is 18.2 Å². The van der Waals surface area contributed by atoms with E-state index in [9.17, 15) is 4.79 Å². The average Bonchev–Trinajstić information content (AvgIpc) is 2.72. The van der Waals surface area contributed by atoms with Crippen molar-refractivity contribution in [1.29, 1.82) is 0 Å². The smallest absolute Gasteiger partial charge is 0.253 e. The molecule has 0 aromatic heterocycles. The zero-order valence-electron chi connectivity index (χ0n) is 10.5. The predicted molar refractivity (Wildman–Crippen MR) is 76.9 cm³/mol. The van der Waals surface area contributed by atoms with Crippen LogP contribution in [0.25, 0.3) is 0 Å². The van der Waals surface area contributed by atoms with Crippen LogP contribution >= 0.6 is 23.2 Å². The van der Waals surface area contributed by atoms with E-state index in [1.807, 2.05) is 4.90 Å². The number of hydrogen-bond donors (Lipinski definition) is 1. The highest BCUT2D eigenvalue weighted by molar-refractivity contribution is 6.42. The van der Waals surface area contributed by atoms with E-state index in [1.165, 1.54) is 6.42 Å². The van der Waals surface area contributed by atoms with E-state index < -0.39 is 0 Å². The van der Waals surface area contributed by atoms with Gasteiger partial charge in [0.25, 0.3) is 5.91 Å². The van der Waals surface area contributed by atoms with Crippen LogP contribution in [-0.2, 0) is 0 Å². The molecule has 2 fully saturated rings. The van der Waals surface area contributed by atoms with Gasteiger partial charge in [-0.1, -0.05) is 23.2 Å². The Morgan fingerprint density at radius 3 is 2.74 bits per heavy atom. The Kier molecular flexibility index (Phi) is 3.70. The van der Waals surface area contributed by atoms with Crippen molar-refractivity contribution >= 4 is 29.1 Å². The molecule has 1 aromatic rings. The summed E-state index contributed by atoms with van der Waals surface area (Å²) in [6.07, 6.45) is 3.43. The van der Waals surface area contributed by atoms with Crippen molar-refractivity contribution in [2.75, 3.05) is 13.1 Å². The lowest BCUT2D eigenvalue weighted by atomic mass is 10.1. The van der Waals surface area contributed by atoms with Crippen LogP contribution in [0.3, 0.4) is 0 Å². The summed E-state index contributed by atoms with van der Waals surface area (Å²) in [5, 5.41) is 4.48. The molecule has 5 heteroatoms. The second-order valence-electron chi connectivity index (χ2n) is 5.31. The number of fused-ring (bicyclic) bond motifs is 2. The molecular weight excluding hydrogens is 283 g/mol. The Labute approximate surface area is 122 Å². The Balaban J connectivity index is 1.77. The highest BCUT2D eigenvalue weighted by Gasteiger charge is 2.31. The standard InChI is InChI=1S/C14H16Cl2N2O/c15-12-4-1-9(7-13(12)16)14(19)18-6-5-10-2-3-11(8-18)17-10/h1,4,7,10-11,17H,2-3,5-6,8H2. The van der Waals surface area contributed by atoms with E-state index in [0.717, 1.165) is 25.9 Å². The van der Waals surface area contributed by atoms with Crippen LogP contribution in [0.1, 0.15) is 29.6 Å². The van der Waals surface area contributed by atoms with Crippen LogP contribution in [0, 0.1) is 0 Å². The molecule has 0 saturated carbocycles. The topological polar surface area (TPSA) is 32.3 Å². The minimum atomic E-state index is 0.0490. The zero-order chi connectivity index (χ0) is 13.4. The summed E-state index contributed by atoms with van der Waals surface area (Å²) in [5.74, 6) is 0.0490. The zero-order valence-corrected chi connectivity index (χ0v) is 12.0. The maximum atomic E-state index is 12.5. The van der Waals surface area contributed by atoms with Crippen molar-refractivity contribution in [3.05, 3.63) is 33.8 Å².